The van der Waals surface area contributed by atoms with Crippen molar-refractivity contribution >= 4 is 38.8 Å². The lowest BCUT2D eigenvalue weighted by Gasteiger charge is -1.98. The molecule has 1 aromatic carbocycles. The Morgan fingerprint density at radius 1 is 1.53 bits per heavy atom. The Bertz CT molecular complexity index is 449. The molecule has 0 saturated carbocycles. The second kappa shape index (κ2) is 7.92. The smallest absolute Gasteiger partial charge is 0.159 e. The van der Waals surface area contributed by atoms with Crippen LogP contribution in [0.5, 0.6) is 0 Å². The van der Waals surface area contributed by atoms with Crippen molar-refractivity contribution in [3.05, 3.63) is 42.4 Å². The Labute approximate surface area is 111 Å². The van der Waals surface area contributed by atoms with Gasteiger partial charge in [0.15, 0.2) is 5.05 Å². The summed E-state index contributed by atoms with van der Waals surface area (Å²) < 4.78 is 6.22. The van der Waals surface area contributed by atoms with Crippen molar-refractivity contribution in [2.45, 2.75) is 13.3 Å². The summed E-state index contributed by atoms with van der Waals surface area (Å²) in [6.45, 7) is 5.98. The second-order valence-corrected chi connectivity index (χ2v) is 4.49. The van der Waals surface area contributed by atoms with Crippen molar-refractivity contribution < 1.29 is 4.74 Å². The number of fused-ring (bicyclic) bond motifs is 1. The molecule has 2 aromatic rings. The Hall–Kier alpha value is -1.26. The van der Waals surface area contributed by atoms with Crippen LogP contribution in [0.2, 0.25) is 0 Å². The van der Waals surface area contributed by atoms with Crippen LogP contribution in [0.3, 0.4) is 0 Å². The number of aromatic nitrogens is 1. The summed E-state index contributed by atoms with van der Waals surface area (Å²) in [7, 11) is 0. The molecule has 0 atom stereocenters. The van der Waals surface area contributed by atoms with Crippen LogP contribution in [0, 0.1) is 0 Å². The number of benzene rings is 1. The Kier molecular flexibility index (Phi) is 6.43. The zero-order chi connectivity index (χ0) is 12.5. The minimum absolute atomic E-state index is 0.534. The lowest BCUT2D eigenvalue weighted by atomic mass is 10.3. The van der Waals surface area contributed by atoms with E-state index in [2.05, 4.69) is 17.6 Å². The normalized spacial score (nSPS) is 9.24. The number of thiocarbonyl (C=S) groups is 1. The molecule has 0 saturated heterocycles. The Balaban J connectivity index is 0.000000172. The fraction of sp³-hybridized carbons (Fsp3) is 0.231. The lowest BCUT2D eigenvalue weighted by Crippen LogP contribution is -1.98. The highest BCUT2D eigenvalue weighted by atomic mass is 32.1. The first kappa shape index (κ1) is 13.8. The number of para-hydroxylation sites is 1. The monoisotopic (exact) mass is 265 g/mol. The highest BCUT2D eigenvalue weighted by Gasteiger charge is 1.89. The second-order valence-electron chi connectivity index (χ2n) is 3.15. The first-order valence-electron chi connectivity index (χ1n) is 5.32. The van der Waals surface area contributed by atoms with E-state index in [9.17, 15) is 0 Å². The molecule has 90 valence electrons. The fourth-order valence-corrected chi connectivity index (χ4v) is 1.80. The first-order chi connectivity index (χ1) is 8.27. The van der Waals surface area contributed by atoms with E-state index in [0.29, 0.717) is 11.7 Å². The van der Waals surface area contributed by atoms with Gasteiger partial charge in [-0.25, -0.2) is 4.98 Å². The van der Waals surface area contributed by atoms with Crippen molar-refractivity contribution in [2.24, 2.45) is 0 Å². The van der Waals surface area contributed by atoms with Crippen LogP contribution in [-0.4, -0.2) is 16.6 Å². The third-order valence-corrected chi connectivity index (χ3v) is 3.10. The molecule has 2 nitrogen and oxygen atoms in total. The van der Waals surface area contributed by atoms with Crippen LogP contribution < -0.4 is 0 Å². The standard InChI is InChI=1S/C7H5NS.C6H10OS/c1-2-4-7-6(3-1)8-5-9-7;1-3-5-7-6(8)4-2/h1-5H;3H,1,4-5H2,2H3. The van der Waals surface area contributed by atoms with Crippen molar-refractivity contribution in [3.8, 4) is 0 Å². The molecule has 2 rings (SSSR count). The molecule has 0 spiro atoms. The van der Waals surface area contributed by atoms with Crippen LogP contribution in [0.1, 0.15) is 13.3 Å². The minimum atomic E-state index is 0.534. The molecule has 0 radical (unpaired) electrons. The van der Waals surface area contributed by atoms with E-state index in [1.165, 1.54) is 4.70 Å². The molecule has 4 heteroatoms. The van der Waals surface area contributed by atoms with E-state index < -0.39 is 0 Å². The largest absolute Gasteiger partial charge is 0.483 e. The van der Waals surface area contributed by atoms with E-state index in [4.69, 9.17) is 17.0 Å². The van der Waals surface area contributed by atoms with Gasteiger partial charge in [0.05, 0.1) is 15.7 Å². The maximum atomic E-state index is 4.95. The van der Waals surface area contributed by atoms with Crippen molar-refractivity contribution in [3.63, 3.8) is 0 Å². The highest BCUT2D eigenvalue weighted by Crippen LogP contribution is 2.15. The molecule has 0 amide bonds. The van der Waals surface area contributed by atoms with Crippen LogP contribution >= 0.6 is 23.6 Å². The molecular formula is C13H15NOS2. The van der Waals surface area contributed by atoms with Gasteiger partial charge in [0.1, 0.15) is 6.61 Å². The van der Waals surface area contributed by atoms with Gasteiger partial charge in [-0.3, -0.25) is 0 Å². The number of nitrogens with zero attached hydrogens (tertiary/aromatic N) is 1. The van der Waals surface area contributed by atoms with Gasteiger partial charge in [0.25, 0.3) is 0 Å². The lowest BCUT2D eigenvalue weighted by molar-refractivity contribution is 0.352. The summed E-state index contributed by atoms with van der Waals surface area (Å²) in [4.78, 5) is 4.14. The molecule has 0 aliphatic heterocycles. The van der Waals surface area contributed by atoms with Gasteiger partial charge in [-0.1, -0.05) is 31.7 Å². The van der Waals surface area contributed by atoms with E-state index in [1.54, 1.807) is 17.4 Å². The molecule has 0 fully saturated rings. The number of hydrogen-bond acceptors (Lipinski definition) is 4. The molecule has 1 heterocycles. The number of ether oxygens (including phenoxy) is 1. The predicted molar refractivity (Wildman–Crippen MR) is 78.7 cm³/mol. The van der Waals surface area contributed by atoms with Crippen molar-refractivity contribution in [2.75, 3.05) is 6.61 Å². The Morgan fingerprint density at radius 3 is 2.94 bits per heavy atom. The Morgan fingerprint density at radius 2 is 2.29 bits per heavy atom. The van der Waals surface area contributed by atoms with Crippen LogP contribution in [0.4, 0.5) is 0 Å². The third kappa shape index (κ3) is 5.06. The summed E-state index contributed by atoms with van der Waals surface area (Å²) in [5, 5.41) is 0.657. The van der Waals surface area contributed by atoms with E-state index in [0.717, 1.165) is 11.9 Å². The van der Waals surface area contributed by atoms with Gasteiger partial charge in [-0.05, 0) is 24.4 Å². The van der Waals surface area contributed by atoms with E-state index in [-0.39, 0.29) is 0 Å². The van der Waals surface area contributed by atoms with E-state index >= 15 is 0 Å². The fourth-order valence-electron chi connectivity index (χ4n) is 1.06. The zero-order valence-corrected chi connectivity index (χ0v) is 11.4. The third-order valence-electron chi connectivity index (χ3n) is 1.89. The van der Waals surface area contributed by atoms with E-state index in [1.807, 2.05) is 30.6 Å². The summed E-state index contributed by atoms with van der Waals surface area (Å²) in [5.74, 6) is 0. The van der Waals surface area contributed by atoms with Gasteiger partial charge >= 0.3 is 0 Å². The summed E-state index contributed by atoms with van der Waals surface area (Å²) >= 11 is 6.43. The zero-order valence-electron chi connectivity index (χ0n) is 9.76. The van der Waals surface area contributed by atoms with Crippen LogP contribution in [0.25, 0.3) is 10.2 Å². The van der Waals surface area contributed by atoms with Gasteiger partial charge in [-0.2, -0.15) is 0 Å². The predicted octanol–water partition coefficient (Wildman–Crippen LogP) is 4.22. The van der Waals surface area contributed by atoms with Crippen LogP contribution in [-0.2, 0) is 4.74 Å². The number of hydrogen-bond donors (Lipinski definition) is 0. The average molecular weight is 265 g/mol. The van der Waals surface area contributed by atoms with Crippen molar-refractivity contribution in [1.29, 1.82) is 0 Å². The molecule has 0 aliphatic carbocycles. The topological polar surface area (TPSA) is 22.1 Å². The molecule has 0 bridgehead atoms. The van der Waals surface area contributed by atoms with Gasteiger partial charge in [0.2, 0.25) is 0 Å². The molecule has 17 heavy (non-hydrogen) atoms. The maximum absolute atomic E-state index is 4.95. The highest BCUT2D eigenvalue weighted by molar-refractivity contribution is 7.80. The summed E-state index contributed by atoms with van der Waals surface area (Å²) in [6.07, 6.45) is 2.49. The quantitative estimate of drug-likeness (QED) is 0.612. The van der Waals surface area contributed by atoms with Crippen LogP contribution in [0.15, 0.2) is 42.4 Å². The first-order valence-corrected chi connectivity index (χ1v) is 6.61. The average Bonchev–Trinajstić information content (AvgIpc) is 2.85. The summed E-state index contributed by atoms with van der Waals surface area (Å²) in [5.41, 5.74) is 2.97. The maximum Gasteiger partial charge on any atom is 0.159 e. The summed E-state index contributed by atoms with van der Waals surface area (Å²) in [6, 6.07) is 8.13. The number of thiazole rings is 1. The van der Waals surface area contributed by atoms with Gasteiger partial charge in [0, 0.05) is 6.42 Å². The molecular weight excluding hydrogens is 250 g/mol. The SMILES string of the molecule is C=CCOC(=S)CC.c1ccc2scnc2c1. The molecule has 0 unspecified atom stereocenters. The van der Waals surface area contributed by atoms with Gasteiger partial charge < -0.3 is 4.74 Å². The van der Waals surface area contributed by atoms with Gasteiger partial charge in [-0.15, -0.1) is 11.3 Å². The molecule has 1 aromatic heterocycles. The minimum Gasteiger partial charge on any atom is -0.483 e. The number of rotatable bonds is 3. The molecule has 0 aliphatic rings. The van der Waals surface area contributed by atoms with Crippen molar-refractivity contribution in [1.82, 2.24) is 4.98 Å². The molecule has 0 N–H and O–H groups in total.